The molecule has 2 aliphatic rings. The average Bonchev–Trinajstić information content (AvgIpc) is 2.87. The van der Waals surface area contributed by atoms with Gasteiger partial charge in [0.15, 0.2) is 0 Å². The van der Waals surface area contributed by atoms with E-state index in [1.54, 1.807) is 0 Å². The van der Waals surface area contributed by atoms with Crippen LogP contribution in [-0.2, 0) is 19.1 Å². The van der Waals surface area contributed by atoms with Gasteiger partial charge in [0.1, 0.15) is 5.92 Å². The number of nitrogens with one attached hydrogen (secondary N) is 1. The van der Waals surface area contributed by atoms with Crippen LogP contribution in [0, 0.1) is 11.3 Å². The predicted molar refractivity (Wildman–Crippen MR) is 65.4 cm³/mol. The third-order valence-electron chi connectivity index (χ3n) is 4.04. The highest BCUT2D eigenvalue weighted by Crippen LogP contribution is 2.30. The van der Waals surface area contributed by atoms with Crippen LogP contribution in [0.2, 0.25) is 0 Å². The highest BCUT2D eigenvalue weighted by molar-refractivity contribution is 5.84. The molecule has 0 aliphatic carbocycles. The third kappa shape index (κ3) is 2.88. The first-order chi connectivity index (χ1) is 9.09. The van der Waals surface area contributed by atoms with E-state index in [-0.39, 0.29) is 25.7 Å². The van der Waals surface area contributed by atoms with Crippen LogP contribution in [0.5, 0.6) is 0 Å². The fraction of sp³-hybridized carbons (Fsp3) is 0.833. The van der Waals surface area contributed by atoms with E-state index in [9.17, 15) is 9.59 Å². The van der Waals surface area contributed by atoms with Crippen molar-refractivity contribution in [1.29, 1.82) is 0 Å². The second-order valence-corrected chi connectivity index (χ2v) is 5.16. The van der Waals surface area contributed by atoms with Gasteiger partial charge in [0, 0.05) is 19.8 Å². The maximum absolute atomic E-state index is 12.4. The zero-order valence-electron chi connectivity index (χ0n) is 10.8. The molecule has 2 saturated heterocycles. The van der Waals surface area contributed by atoms with Crippen molar-refractivity contribution in [3.8, 4) is 0 Å². The van der Waals surface area contributed by atoms with Crippen LogP contribution in [-0.4, -0.2) is 56.0 Å². The monoisotopic (exact) mass is 272 g/mol. The van der Waals surface area contributed by atoms with Crippen molar-refractivity contribution in [2.45, 2.75) is 18.9 Å². The Kier molecular flexibility index (Phi) is 4.38. The zero-order chi connectivity index (χ0) is 13.9. The molecule has 0 spiro atoms. The van der Waals surface area contributed by atoms with Crippen LogP contribution >= 0.6 is 0 Å². The third-order valence-corrected chi connectivity index (χ3v) is 4.04. The Bertz CT molecular complexity index is 354. The lowest BCUT2D eigenvalue weighted by atomic mass is 9.79. The van der Waals surface area contributed by atoms with E-state index in [1.807, 2.05) is 0 Å². The molecule has 0 radical (unpaired) electrons. The number of ether oxygens (including phenoxy) is 2. The summed E-state index contributed by atoms with van der Waals surface area (Å²) in [6.07, 6.45) is 1.14. The van der Waals surface area contributed by atoms with E-state index in [4.69, 9.17) is 20.3 Å². The minimum absolute atomic E-state index is 0.138. The molecule has 2 rings (SSSR count). The van der Waals surface area contributed by atoms with E-state index in [1.165, 1.54) is 0 Å². The smallest absolute Gasteiger partial charge is 0.311 e. The van der Waals surface area contributed by atoms with Crippen LogP contribution in [0.25, 0.3) is 0 Å². The Balaban J connectivity index is 2.01. The second kappa shape index (κ2) is 5.85. The molecular weight excluding hydrogens is 252 g/mol. The molecule has 2 unspecified atom stereocenters. The van der Waals surface area contributed by atoms with Gasteiger partial charge in [-0.2, -0.15) is 0 Å². The highest BCUT2D eigenvalue weighted by Gasteiger charge is 2.42. The van der Waals surface area contributed by atoms with E-state index in [2.05, 4.69) is 5.32 Å². The Morgan fingerprint density at radius 1 is 1.26 bits per heavy atom. The maximum atomic E-state index is 12.4. The second-order valence-electron chi connectivity index (χ2n) is 5.16. The molecule has 2 fully saturated rings. The Morgan fingerprint density at radius 3 is 2.53 bits per heavy atom. The molecule has 19 heavy (non-hydrogen) atoms. The van der Waals surface area contributed by atoms with Crippen molar-refractivity contribution in [3.05, 3.63) is 0 Å². The molecule has 2 atom stereocenters. The number of carboxylic acids is 1. The molecule has 0 aromatic heterocycles. The largest absolute Gasteiger partial charge is 0.481 e. The standard InChI is InChI=1S/C12H20N2O5/c13-7-12(1-3-18-4-2-12)11(17)14-9-6-19-5-8(9)10(15)16/h8-9H,1-7,13H2,(H,14,17)(H,15,16). The van der Waals surface area contributed by atoms with E-state index >= 15 is 0 Å². The predicted octanol–water partition coefficient (Wildman–Crippen LogP) is -1.04. The molecular formula is C12H20N2O5. The number of carbonyl (C=O) groups is 2. The summed E-state index contributed by atoms with van der Waals surface area (Å²) in [5.41, 5.74) is 5.11. The molecule has 1 amide bonds. The van der Waals surface area contributed by atoms with Gasteiger partial charge in [-0.1, -0.05) is 0 Å². The van der Waals surface area contributed by atoms with Crippen molar-refractivity contribution in [3.63, 3.8) is 0 Å². The van der Waals surface area contributed by atoms with Gasteiger partial charge in [0.25, 0.3) is 0 Å². The highest BCUT2D eigenvalue weighted by atomic mass is 16.5. The lowest BCUT2D eigenvalue weighted by molar-refractivity contribution is -0.143. The SMILES string of the molecule is NCC1(C(=O)NC2COCC2C(=O)O)CCOCC1. The Hall–Kier alpha value is -1.18. The van der Waals surface area contributed by atoms with Crippen molar-refractivity contribution in [2.75, 3.05) is 33.0 Å². The molecule has 2 heterocycles. The lowest BCUT2D eigenvalue weighted by Crippen LogP contribution is -2.53. The molecule has 108 valence electrons. The number of carbonyl (C=O) groups excluding carboxylic acids is 1. The van der Waals surface area contributed by atoms with Crippen LogP contribution in [0.15, 0.2) is 0 Å². The van der Waals surface area contributed by atoms with Crippen LogP contribution in [0.1, 0.15) is 12.8 Å². The molecule has 0 saturated carbocycles. The van der Waals surface area contributed by atoms with Crippen LogP contribution in [0.3, 0.4) is 0 Å². The first-order valence-electron chi connectivity index (χ1n) is 6.48. The number of aliphatic carboxylic acids is 1. The van der Waals surface area contributed by atoms with Crippen LogP contribution in [0.4, 0.5) is 0 Å². The number of rotatable bonds is 4. The van der Waals surface area contributed by atoms with Crippen molar-refractivity contribution < 1.29 is 24.2 Å². The summed E-state index contributed by atoms with van der Waals surface area (Å²) in [5, 5.41) is 11.8. The first kappa shape index (κ1) is 14.2. The molecule has 0 aromatic rings. The van der Waals surface area contributed by atoms with Gasteiger partial charge in [0.05, 0.1) is 24.7 Å². The summed E-state index contributed by atoms with van der Waals surface area (Å²) >= 11 is 0. The van der Waals surface area contributed by atoms with E-state index in [0.717, 1.165) is 0 Å². The van der Waals surface area contributed by atoms with Gasteiger partial charge in [0.2, 0.25) is 5.91 Å². The van der Waals surface area contributed by atoms with Crippen molar-refractivity contribution in [1.82, 2.24) is 5.32 Å². The molecule has 0 bridgehead atoms. The summed E-state index contributed by atoms with van der Waals surface area (Å²) in [6.45, 7) is 1.63. The van der Waals surface area contributed by atoms with Crippen molar-refractivity contribution >= 4 is 11.9 Å². The number of hydrogen-bond donors (Lipinski definition) is 3. The lowest BCUT2D eigenvalue weighted by Gasteiger charge is -2.35. The van der Waals surface area contributed by atoms with Gasteiger partial charge in [-0.05, 0) is 12.8 Å². The summed E-state index contributed by atoms with van der Waals surface area (Å²) in [5.74, 6) is -1.81. The number of nitrogens with two attached hydrogens (primary N) is 1. The average molecular weight is 272 g/mol. The topological polar surface area (TPSA) is 111 Å². The van der Waals surface area contributed by atoms with Gasteiger partial charge in [-0.3, -0.25) is 9.59 Å². The first-order valence-corrected chi connectivity index (χ1v) is 6.48. The van der Waals surface area contributed by atoms with Gasteiger partial charge >= 0.3 is 5.97 Å². The van der Waals surface area contributed by atoms with Gasteiger partial charge < -0.3 is 25.6 Å². The molecule has 0 aromatic carbocycles. The summed E-state index contributed by atoms with van der Waals surface area (Å²) in [6, 6.07) is -0.476. The molecule has 7 heteroatoms. The Morgan fingerprint density at radius 2 is 1.95 bits per heavy atom. The number of hydrogen-bond acceptors (Lipinski definition) is 5. The molecule has 4 N–H and O–H groups in total. The molecule has 2 aliphatic heterocycles. The minimum Gasteiger partial charge on any atom is -0.481 e. The summed E-state index contributed by atoms with van der Waals surface area (Å²) in [7, 11) is 0. The van der Waals surface area contributed by atoms with E-state index < -0.39 is 23.3 Å². The van der Waals surface area contributed by atoms with E-state index in [0.29, 0.717) is 26.1 Å². The minimum atomic E-state index is -0.948. The van der Waals surface area contributed by atoms with Crippen LogP contribution < -0.4 is 11.1 Å². The summed E-state index contributed by atoms with van der Waals surface area (Å²) < 4.78 is 10.4. The Labute approximate surface area is 111 Å². The van der Waals surface area contributed by atoms with Gasteiger partial charge in [-0.15, -0.1) is 0 Å². The fourth-order valence-electron chi connectivity index (χ4n) is 2.55. The fourth-order valence-corrected chi connectivity index (χ4v) is 2.55. The molecule has 7 nitrogen and oxygen atoms in total. The maximum Gasteiger partial charge on any atom is 0.311 e. The van der Waals surface area contributed by atoms with Gasteiger partial charge in [-0.25, -0.2) is 0 Å². The number of carboxylic acid groups (broad SMARTS) is 1. The normalized spacial score (nSPS) is 29.9. The zero-order valence-corrected chi connectivity index (χ0v) is 10.8. The summed E-state index contributed by atoms with van der Waals surface area (Å²) in [4.78, 5) is 23.4. The van der Waals surface area contributed by atoms with Crippen molar-refractivity contribution in [2.24, 2.45) is 17.1 Å². The number of amides is 1. The quantitative estimate of drug-likeness (QED) is 0.602.